The summed E-state index contributed by atoms with van der Waals surface area (Å²) in [6, 6.07) is 14.1. The summed E-state index contributed by atoms with van der Waals surface area (Å²) in [7, 11) is 1.68. The number of aromatic nitrogens is 1. The number of methoxy groups -OCH3 is 1. The van der Waals surface area contributed by atoms with Gasteiger partial charge in [-0.25, -0.2) is 9.37 Å². The number of benzene rings is 2. The van der Waals surface area contributed by atoms with E-state index in [9.17, 15) is 9.18 Å². The largest absolute Gasteiger partial charge is 0.496 e. The number of hydrogen-bond donors (Lipinski definition) is 1. The predicted molar refractivity (Wildman–Crippen MR) is 120 cm³/mol. The van der Waals surface area contributed by atoms with Crippen LogP contribution >= 0.6 is 0 Å². The Labute approximate surface area is 187 Å². The average Bonchev–Trinajstić information content (AvgIpc) is 3.51. The number of carbonyl (C=O) groups is 1. The van der Waals surface area contributed by atoms with Gasteiger partial charge in [-0.1, -0.05) is 18.2 Å². The Balaban J connectivity index is 1.34. The van der Waals surface area contributed by atoms with Crippen LogP contribution in [0.1, 0.15) is 36.8 Å². The van der Waals surface area contributed by atoms with Crippen molar-refractivity contribution < 1.29 is 18.3 Å². The third-order valence-electron chi connectivity index (χ3n) is 5.82. The number of hydrogen-bond acceptors (Lipinski definition) is 5. The van der Waals surface area contributed by atoms with Crippen molar-refractivity contribution in [2.45, 2.75) is 31.7 Å². The van der Waals surface area contributed by atoms with E-state index in [-0.39, 0.29) is 24.2 Å². The lowest BCUT2D eigenvalue weighted by molar-refractivity contribution is -0.121. The number of likely N-dealkylation sites (tertiary alicyclic amines) is 1. The van der Waals surface area contributed by atoms with E-state index in [1.165, 1.54) is 25.0 Å². The van der Waals surface area contributed by atoms with Gasteiger partial charge >= 0.3 is 0 Å². The lowest BCUT2D eigenvalue weighted by Crippen LogP contribution is -2.37. The molecule has 1 atom stereocenters. The standard InChI is InChI=1S/C25H28FN3O3/c1-31-22-7-3-2-6-20(22)21(29-14-4-5-15-29)16-27-24(30)12-13-25-28-17-23(32-25)18-8-10-19(26)11-9-18/h2-3,6-11,17,21H,4-5,12-16H2,1H3,(H,27,30). The molecule has 1 saturated heterocycles. The van der Waals surface area contributed by atoms with Crippen molar-refractivity contribution in [3.8, 4) is 17.1 Å². The van der Waals surface area contributed by atoms with Crippen molar-refractivity contribution in [1.82, 2.24) is 15.2 Å². The number of ether oxygens (including phenoxy) is 1. The van der Waals surface area contributed by atoms with Crippen LogP contribution in [0.15, 0.2) is 59.1 Å². The lowest BCUT2D eigenvalue weighted by Gasteiger charge is -2.29. The minimum Gasteiger partial charge on any atom is -0.496 e. The van der Waals surface area contributed by atoms with Gasteiger partial charge in [0, 0.05) is 30.5 Å². The molecule has 0 spiro atoms. The lowest BCUT2D eigenvalue weighted by atomic mass is 10.0. The molecule has 1 N–H and O–H groups in total. The number of oxazole rings is 1. The molecule has 1 aliphatic heterocycles. The first-order chi connectivity index (χ1) is 15.6. The van der Waals surface area contributed by atoms with Crippen molar-refractivity contribution >= 4 is 5.91 Å². The molecule has 0 bridgehead atoms. The Kier molecular flexibility index (Phi) is 7.17. The number of amides is 1. The summed E-state index contributed by atoms with van der Waals surface area (Å²) in [6.07, 6.45) is 4.62. The quantitative estimate of drug-likeness (QED) is 0.538. The number of nitrogens with one attached hydrogen (secondary N) is 1. The minimum atomic E-state index is -0.300. The van der Waals surface area contributed by atoms with Crippen LogP contribution in [0.2, 0.25) is 0 Å². The first-order valence-corrected chi connectivity index (χ1v) is 11.0. The van der Waals surface area contributed by atoms with Gasteiger partial charge in [0.1, 0.15) is 11.6 Å². The molecule has 0 saturated carbocycles. The first kappa shape index (κ1) is 22.0. The molecule has 4 rings (SSSR count). The number of aryl methyl sites for hydroxylation is 1. The van der Waals surface area contributed by atoms with E-state index in [0.29, 0.717) is 24.6 Å². The van der Waals surface area contributed by atoms with Crippen LogP contribution in [0.4, 0.5) is 4.39 Å². The fourth-order valence-electron chi connectivity index (χ4n) is 4.12. The van der Waals surface area contributed by atoms with E-state index < -0.39 is 0 Å². The van der Waals surface area contributed by atoms with Gasteiger partial charge in [-0.3, -0.25) is 9.69 Å². The second-order valence-corrected chi connectivity index (χ2v) is 7.93. The highest BCUT2D eigenvalue weighted by molar-refractivity contribution is 5.76. The number of nitrogens with zero attached hydrogens (tertiary/aromatic N) is 2. The fraction of sp³-hybridized carbons (Fsp3) is 0.360. The van der Waals surface area contributed by atoms with E-state index in [4.69, 9.17) is 9.15 Å². The van der Waals surface area contributed by atoms with Gasteiger partial charge in [-0.2, -0.15) is 0 Å². The second-order valence-electron chi connectivity index (χ2n) is 7.93. The van der Waals surface area contributed by atoms with Crippen molar-refractivity contribution in [2.75, 3.05) is 26.7 Å². The topological polar surface area (TPSA) is 67.6 Å². The molecule has 2 heterocycles. The molecule has 7 heteroatoms. The average molecular weight is 438 g/mol. The molecule has 1 aromatic heterocycles. The van der Waals surface area contributed by atoms with Crippen LogP contribution in [0, 0.1) is 5.82 Å². The summed E-state index contributed by atoms with van der Waals surface area (Å²) in [5.74, 6) is 1.54. The van der Waals surface area contributed by atoms with Crippen LogP contribution in [-0.4, -0.2) is 42.5 Å². The molecule has 2 aromatic carbocycles. The molecule has 6 nitrogen and oxygen atoms in total. The zero-order valence-corrected chi connectivity index (χ0v) is 18.2. The summed E-state index contributed by atoms with van der Waals surface area (Å²) in [6.45, 7) is 2.55. The predicted octanol–water partition coefficient (Wildman–Crippen LogP) is 4.38. The van der Waals surface area contributed by atoms with Gasteiger partial charge in [0.25, 0.3) is 0 Å². The number of para-hydroxylation sites is 1. The number of rotatable bonds is 9. The smallest absolute Gasteiger partial charge is 0.220 e. The van der Waals surface area contributed by atoms with Crippen LogP contribution in [0.25, 0.3) is 11.3 Å². The maximum atomic E-state index is 13.1. The van der Waals surface area contributed by atoms with Crippen LogP contribution < -0.4 is 10.1 Å². The van der Waals surface area contributed by atoms with Crippen LogP contribution in [0.5, 0.6) is 5.75 Å². The molecule has 0 radical (unpaired) electrons. The fourth-order valence-corrected chi connectivity index (χ4v) is 4.12. The molecule has 168 valence electrons. The molecular weight excluding hydrogens is 409 g/mol. The zero-order valence-electron chi connectivity index (χ0n) is 18.2. The highest BCUT2D eigenvalue weighted by Crippen LogP contribution is 2.31. The first-order valence-electron chi connectivity index (χ1n) is 11.0. The molecule has 1 amide bonds. The Bertz CT molecular complexity index is 1030. The highest BCUT2D eigenvalue weighted by atomic mass is 19.1. The monoisotopic (exact) mass is 437 g/mol. The van der Waals surface area contributed by atoms with Crippen molar-refractivity contribution in [1.29, 1.82) is 0 Å². The van der Waals surface area contributed by atoms with Gasteiger partial charge in [-0.05, 0) is 56.3 Å². The molecule has 3 aromatic rings. The molecule has 0 aliphatic carbocycles. The Hall–Kier alpha value is -3.19. The normalized spacial score (nSPS) is 14.9. The van der Waals surface area contributed by atoms with E-state index in [0.717, 1.165) is 30.0 Å². The van der Waals surface area contributed by atoms with Gasteiger partial charge in [-0.15, -0.1) is 0 Å². The molecule has 1 aliphatic rings. The highest BCUT2D eigenvalue weighted by Gasteiger charge is 2.26. The maximum Gasteiger partial charge on any atom is 0.220 e. The summed E-state index contributed by atoms with van der Waals surface area (Å²) < 4.78 is 24.4. The van der Waals surface area contributed by atoms with Gasteiger partial charge < -0.3 is 14.5 Å². The van der Waals surface area contributed by atoms with E-state index in [1.807, 2.05) is 18.2 Å². The third-order valence-corrected chi connectivity index (χ3v) is 5.82. The van der Waals surface area contributed by atoms with Crippen LogP contribution in [0.3, 0.4) is 0 Å². The Morgan fingerprint density at radius 2 is 1.94 bits per heavy atom. The van der Waals surface area contributed by atoms with Crippen molar-refractivity contribution in [2.24, 2.45) is 0 Å². The number of carbonyl (C=O) groups excluding carboxylic acids is 1. The number of halogens is 1. The minimum absolute atomic E-state index is 0.0503. The van der Waals surface area contributed by atoms with E-state index >= 15 is 0 Å². The van der Waals surface area contributed by atoms with Gasteiger partial charge in [0.05, 0.1) is 19.3 Å². The summed E-state index contributed by atoms with van der Waals surface area (Å²) in [5.41, 5.74) is 1.84. The molecule has 32 heavy (non-hydrogen) atoms. The second kappa shape index (κ2) is 10.4. The van der Waals surface area contributed by atoms with Gasteiger partial charge in [0.15, 0.2) is 11.7 Å². The third kappa shape index (κ3) is 5.34. The van der Waals surface area contributed by atoms with E-state index in [1.54, 1.807) is 25.4 Å². The summed E-state index contributed by atoms with van der Waals surface area (Å²) in [5, 5.41) is 3.08. The SMILES string of the molecule is COc1ccccc1C(CNC(=O)CCc1ncc(-c2ccc(F)cc2)o1)N1CCCC1. The zero-order chi connectivity index (χ0) is 22.3. The Morgan fingerprint density at radius 3 is 2.69 bits per heavy atom. The molecule has 1 unspecified atom stereocenters. The summed E-state index contributed by atoms with van der Waals surface area (Å²) >= 11 is 0. The summed E-state index contributed by atoms with van der Waals surface area (Å²) in [4.78, 5) is 19.2. The van der Waals surface area contributed by atoms with Crippen LogP contribution in [-0.2, 0) is 11.2 Å². The maximum absolute atomic E-state index is 13.1. The van der Waals surface area contributed by atoms with Crippen molar-refractivity contribution in [3.63, 3.8) is 0 Å². The van der Waals surface area contributed by atoms with Gasteiger partial charge in [0.2, 0.25) is 5.91 Å². The van der Waals surface area contributed by atoms with E-state index in [2.05, 4.69) is 21.3 Å². The molecule has 1 fully saturated rings. The molecular formula is C25H28FN3O3. The van der Waals surface area contributed by atoms with Crippen molar-refractivity contribution in [3.05, 3.63) is 72.0 Å². The Morgan fingerprint density at radius 1 is 1.19 bits per heavy atom.